The number of carbonyl (C=O) groups is 3. The molecule has 7 heteroatoms. The first-order chi connectivity index (χ1) is 8.58. The molecule has 0 saturated carbocycles. The van der Waals surface area contributed by atoms with E-state index in [-0.39, 0.29) is 23.3 Å². The predicted molar refractivity (Wildman–Crippen MR) is 63.3 cm³/mol. The van der Waals surface area contributed by atoms with Crippen molar-refractivity contribution in [2.75, 3.05) is 13.1 Å². The maximum atomic E-state index is 11.8. The van der Waals surface area contributed by atoms with E-state index in [0.29, 0.717) is 13.0 Å². The van der Waals surface area contributed by atoms with Crippen molar-refractivity contribution in [3.8, 4) is 0 Å². The second-order valence-corrected chi connectivity index (χ2v) is 4.99. The fraction of sp³-hybridized carbons (Fsp3) is 0.364. The topological polar surface area (TPSA) is 87.8 Å². The molecule has 0 radical (unpaired) electrons. The Morgan fingerprint density at radius 1 is 1.56 bits per heavy atom. The number of hydrogen-bond donors (Lipinski definition) is 1. The number of amides is 1. The Labute approximate surface area is 107 Å². The fourth-order valence-corrected chi connectivity index (χ4v) is 2.69. The average Bonchev–Trinajstić information content (AvgIpc) is 2.93. The zero-order valence-electron chi connectivity index (χ0n) is 9.37. The van der Waals surface area contributed by atoms with Crippen LogP contribution in [0, 0.1) is 0 Å². The van der Waals surface area contributed by atoms with Crippen molar-refractivity contribution in [2.45, 2.75) is 11.7 Å². The first-order valence-electron chi connectivity index (χ1n) is 5.33. The first kappa shape index (κ1) is 12.7. The van der Waals surface area contributed by atoms with Gasteiger partial charge in [-0.25, -0.2) is 0 Å². The van der Waals surface area contributed by atoms with Gasteiger partial charge in [0.25, 0.3) is 5.12 Å². The Kier molecular flexibility index (Phi) is 3.71. The number of carboxylic acids is 1. The molecule has 1 aromatic heterocycles. The largest absolute Gasteiger partial charge is 0.480 e. The maximum Gasteiger partial charge on any atom is 0.323 e. The lowest BCUT2D eigenvalue weighted by Gasteiger charge is -2.12. The summed E-state index contributed by atoms with van der Waals surface area (Å²) in [4.78, 5) is 35.3. The number of carbonyl (C=O) groups excluding carboxylic acids is 2. The van der Waals surface area contributed by atoms with Gasteiger partial charge in [0.05, 0.1) is 11.5 Å². The molecule has 96 valence electrons. The summed E-state index contributed by atoms with van der Waals surface area (Å²) >= 11 is 0.887. The third kappa shape index (κ3) is 2.73. The van der Waals surface area contributed by atoms with Gasteiger partial charge < -0.3 is 14.4 Å². The van der Waals surface area contributed by atoms with Gasteiger partial charge >= 0.3 is 5.97 Å². The maximum absolute atomic E-state index is 11.8. The Morgan fingerprint density at radius 3 is 2.94 bits per heavy atom. The van der Waals surface area contributed by atoms with E-state index in [4.69, 9.17) is 9.52 Å². The van der Waals surface area contributed by atoms with E-state index in [1.165, 1.54) is 17.2 Å². The highest BCUT2D eigenvalue weighted by Crippen LogP contribution is 2.27. The number of thioether (sulfide) groups is 1. The quantitative estimate of drug-likeness (QED) is 0.871. The summed E-state index contributed by atoms with van der Waals surface area (Å²) in [7, 11) is 0. The molecular weight excluding hydrogens is 258 g/mol. The molecule has 1 atom stereocenters. The molecule has 1 amide bonds. The van der Waals surface area contributed by atoms with Crippen LogP contribution in [-0.4, -0.2) is 45.3 Å². The van der Waals surface area contributed by atoms with E-state index in [2.05, 4.69) is 0 Å². The molecular formula is C11H11NO5S. The van der Waals surface area contributed by atoms with Crippen molar-refractivity contribution in [1.29, 1.82) is 0 Å². The minimum Gasteiger partial charge on any atom is -0.480 e. The molecule has 1 aromatic rings. The molecule has 1 N–H and O–H groups in total. The van der Waals surface area contributed by atoms with Crippen molar-refractivity contribution in [3.63, 3.8) is 0 Å². The van der Waals surface area contributed by atoms with Crippen molar-refractivity contribution in [3.05, 3.63) is 24.2 Å². The lowest BCUT2D eigenvalue weighted by atomic mass is 10.4. The summed E-state index contributed by atoms with van der Waals surface area (Å²) in [6.45, 7) is 0.0546. The molecule has 1 aliphatic rings. The van der Waals surface area contributed by atoms with E-state index in [1.54, 1.807) is 6.07 Å². The minimum atomic E-state index is -1.05. The third-order valence-electron chi connectivity index (χ3n) is 2.55. The van der Waals surface area contributed by atoms with Crippen LogP contribution in [0.4, 0.5) is 0 Å². The van der Waals surface area contributed by atoms with E-state index >= 15 is 0 Å². The van der Waals surface area contributed by atoms with Gasteiger partial charge in [-0.1, -0.05) is 11.8 Å². The molecule has 6 nitrogen and oxygen atoms in total. The highest BCUT2D eigenvalue weighted by Gasteiger charge is 2.35. The Bertz CT molecular complexity index is 470. The van der Waals surface area contributed by atoms with Crippen LogP contribution in [0.5, 0.6) is 0 Å². The molecule has 0 aliphatic carbocycles. The van der Waals surface area contributed by atoms with Crippen LogP contribution >= 0.6 is 11.8 Å². The van der Waals surface area contributed by atoms with Gasteiger partial charge in [0.1, 0.15) is 6.54 Å². The second kappa shape index (κ2) is 5.26. The zero-order valence-corrected chi connectivity index (χ0v) is 10.2. The Balaban J connectivity index is 1.94. The van der Waals surface area contributed by atoms with Crippen molar-refractivity contribution < 1.29 is 23.9 Å². The Morgan fingerprint density at radius 2 is 2.33 bits per heavy atom. The first-order valence-corrected chi connectivity index (χ1v) is 6.21. The fourth-order valence-electron chi connectivity index (χ4n) is 1.72. The van der Waals surface area contributed by atoms with Crippen LogP contribution in [0.25, 0.3) is 0 Å². The molecule has 2 rings (SSSR count). The van der Waals surface area contributed by atoms with Gasteiger partial charge in [-0.05, 0) is 18.6 Å². The van der Waals surface area contributed by atoms with Crippen LogP contribution in [0.3, 0.4) is 0 Å². The lowest BCUT2D eigenvalue weighted by molar-refractivity contribution is -0.142. The molecule has 1 unspecified atom stereocenters. The molecule has 2 heterocycles. The number of rotatable bonds is 4. The smallest absolute Gasteiger partial charge is 0.323 e. The molecule has 1 fully saturated rings. The third-order valence-corrected chi connectivity index (χ3v) is 3.68. The predicted octanol–water partition coefficient (Wildman–Crippen LogP) is 0.839. The van der Waals surface area contributed by atoms with Crippen molar-refractivity contribution in [1.82, 2.24) is 4.90 Å². The normalized spacial score (nSPS) is 19.2. The van der Waals surface area contributed by atoms with Crippen LogP contribution in [0.15, 0.2) is 22.8 Å². The second-order valence-electron chi connectivity index (χ2n) is 3.81. The molecule has 0 spiro atoms. The van der Waals surface area contributed by atoms with Crippen LogP contribution in [0.1, 0.15) is 17.0 Å². The number of likely N-dealkylation sites (tertiary alicyclic amines) is 1. The summed E-state index contributed by atoms with van der Waals surface area (Å²) in [5.41, 5.74) is 0. The summed E-state index contributed by atoms with van der Waals surface area (Å²) in [6.07, 6.45) is 1.87. The van der Waals surface area contributed by atoms with Crippen LogP contribution in [-0.2, 0) is 9.59 Å². The van der Waals surface area contributed by atoms with Gasteiger partial charge in [-0.3, -0.25) is 14.4 Å². The van der Waals surface area contributed by atoms with Gasteiger partial charge in [-0.2, -0.15) is 0 Å². The van der Waals surface area contributed by atoms with E-state index < -0.39 is 11.2 Å². The van der Waals surface area contributed by atoms with Crippen molar-refractivity contribution in [2.24, 2.45) is 0 Å². The monoisotopic (exact) mass is 269 g/mol. The summed E-state index contributed by atoms with van der Waals surface area (Å²) in [5.74, 6) is -1.15. The van der Waals surface area contributed by atoms with Gasteiger partial charge in [0.2, 0.25) is 5.91 Å². The molecule has 18 heavy (non-hydrogen) atoms. The van der Waals surface area contributed by atoms with Gasteiger partial charge in [-0.15, -0.1) is 0 Å². The van der Waals surface area contributed by atoms with Crippen molar-refractivity contribution >= 4 is 28.8 Å². The highest BCUT2D eigenvalue weighted by atomic mass is 32.2. The Hall–Kier alpha value is -1.76. The van der Waals surface area contributed by atoms with Gasteiger partial charge in [0, 0.05) is 6.54 Å². The molecule has 1 aliphatic heterocycles. The van der Waals surface area contributed by atoms with Crippen LogP contribution < -0.4 is 0 Å². The standard InChI is InChI=1S/C11H11NO5S/c13-9(14)6-12-4-3-8(10(12)15)18-11(16)7-2-1-5-17-7/h1-2,5,8H,3-4,6H2,(H,13,14). The number of furan rings is 1. The summed E-state index contributed by atoms with van der Waals surface area (Å²) in [6, 6.07) is 3.13. The number of nitrogens with zero attached hydrogens (tertiary/aromatic N) is 1. The number of aliphatic carboxylic acids is 1. The zero-order chi connectivity index (χ0) is 13.1. The van der Waals surface area contributed by atoms with Crippen LogP contribution in [0.2, 0.25) is 0 Å². The summed E-state index contributed by atoms with van der Waals surface area (Å²) in [5, 5.41) is 7.81. The number of hydrogen-bond acceptors (Lipinski definition) is 5. The summed E-state index contributed by atoms with van der Waals surface area (Å²) < 4.78 is 4.94. The molecule has 1 saturated heterocycles. The SMILES string of the molecule is O=C(O)CN1CCC(SC(=O)c2ccco2)C1=O. The van der Waals surface area contributed by atoms with E-state index in [1.807, 2.05) is 0 Å². The highest BCUT2D eigenvalue weighted by molar-refractivity contribution is 8.15. The lowest BCUT2D eigenvalue weighted by Crippen LogP contribution is -2.33. The van der Waals surface area contributed by atoms with Gasteiger partial charge in [0.15, 0.2) is 5.76 Å². The minimum absolute atomic E-state index is 0.199. The van der Waals surface area contributed by atoms with E-state index in [0.717, 1.165) is 11.8 Å². The average molecular weight is 269 g/mol. The number of carboxylic acid groups (broad SMARTS) is 1. The molecule has 0 bridgehead atoms. The van der Waals surface area contributed by atoms with E-state index in [9.17, 15) is 14.4 Å². The molecule has 0 aromatic carbocycles.